The summed E-state index contributed by atoms with van der Waals surface area (Å²) >= 11 is 1.37. The van der Waals surface area contributed by atoms with E-state index in [4.69, 9.17) is 4.52 Å². The van der Waals surface area contributed by atoms with Gasteiger partial charge < -0.3 is 9.84 Å². The third-order valence-electron chi connectivity index (χ3n) is 4.35. The quantitative estimate of drug-likeness (QED) is 0.361. The standard InChI is InChI=1S/C21H19N5O3S/c1-14-11-18(25-29-14)24-19(27)8-10-30-21-23-17-7-3-2-6-16(17)20(28)26(21)13-15-5-4-9-22-12-15/h2-7,9,11-12H,8,10,13H2,1H3,(H,24,25,27). The van der Waals surface area contributed by atoms with Crippen LogP contribution in [0.2, 0.25) is 0 Å². The summed E-state index contributed by atoms with van der Waals surface area (Å²) in [6.07, 6.45) is 3.66. The molecule has 0 unspecified atom stereocenters. The minimum absolute atomic E-state index is 0.116. The molecule has 0 radical (unpaired) electrons. The molecule has 0 fully saturated rings. The Morgan fingerprint density at radius 3 is 2.87 bits per heavy atom. The number of carbonyl (C=O) groups is 1. The minimum Gasteiger partial charge on any atom is -0.360 e. The molecule has 1 amide bonds. The third kappa shape index (κ3) is 4.57. The summed E-state index contributed by atoms with van der Waals surface area (Å²) in [6, 6.07) is 12.7. The van der Waals surface area contributed by atoms with E-state index in [2.05, 4.69) is 20.4 Å². The van der Waals surface area contributed by atoms with Crippen molar-refractivity contribution in [1.29, 1.82) is 0 Å². The number of benzene rings is 1. The lowest BCUT2D eigenvalue weighted by Crippen LogP contribution is -2.24. The highest BCUT2D eigenvalue weighted by molar-refractivity contribution is 7.99. The molecule has 152 valence electrons. The van der Waals surface area contributed by atoms with Gasteiger partial charge in [0.25, 0.3) is 5.56 Å². The fourth-order valence-electron chi connectivity index (χ4n) is 2.94. The van der Waals surface area contributed by atoms with Crippen LogP contribution in [0.1, 0.15) is 17.7 Å². The molecule has 3 heterocycles. The largest absolute Gasteiger partial charge is 0.360 e. The Hall–Kier alpha value is -3.46. The van der Waals surface area contributed by atoms with Crippen molar-refractivity contribution in [3.63, 3.8) is 0 Å². The lowest BCUT2D eigenvalue weighted by molar-refractivity contribution is -0.115. The number of aryl methyl sites for hydroxylation is 1. The van der Waals surface area contributed by atoms with Crippen molar-refractivity contribution in [3.8, 4) is 0 Å². The number of rotatable bonds is 7. The lowest BCUT2D eigenvalue weighted by Gasteiger charge is -2.13. The van der Waals surface area contributed by atoms with E-state index in [1.165, 1.54) is 11.8 Å². The van der Waals surface area contributed by atoms with Gasteiger partial charge in [-0.3, -0.25) is 19.1 Å². The summed E-state index contributed by atoms with van der Waals surface area (Å²) in [5.41, 5.74) is 1.42. The Kier molecular flexibility index (Phi) is 5.89. The molecular weight excluding hydrogens is 402 g/mol. The number of fused-ring (bicyclic) bond motifs is 1. The fraction of sp³-hybridized carbons (Fsp3) is 0.190. The number of aromatic nitrogens is 4. The van der Waals surface area contributed by atoms with Crippen molar-refractivity contribution in [1.82, 2.24) is 19.7 Å². The smallest absolute Gasteiger partial charge is 0.262 e. The first-order valence-corrected chi connectivity index (χ1v) is 10.3. The van der Waals surface area contributed by atoms with Gasteiger partial charge in [-0.1, -0.05) is 35.1 Å². The number of para-hydroxylation sites is 1. The van der Waals surface area contributed by atoms with Crippen LogP contribution < -0.4 is 10.9 Å². The summed E-state index contributed by atoms with van der Waals surface area (Å²) in [5.74, 6) is 1.29. The number of hydrogen-bond acceptors (Lipinski definition) is 7. The molecule has 0 aliphatic rings. The molecule has 9 heteroatoms. The van der Waals surface area contributed by atoms with Crippen LogP contribution in [-0.2, 0) is 11.3 Å². The van der Waals surface area contributed by atoms with Crippen LogP contribution in [0.15, 0.2) is 69.3 Å². The first kappa shape index (κ1) is 19.8. The van der Waals surface area contributed by atoms with Crippen molar-refractivity contribution in [2.45, 2.75) is 25.0 Å². The first-order chi connectivity index (χ1) is 14.6. The van der Waals surface area contributed by atoms with Gasteiger partial charge in [0.1, 0.15) is 5.76 Å². The maximum absolute atomic E-state index is 13.1. The molecular formula is C21H19N5O3S. The van der Waals surface area contributed by atoms with E-state index in [0.29, 0.717) is 39.9 Å². The van der Waals surface area contributed by atoms with E-state index >= 15 is 0 Å². The zero-order valence-corrected chi connectivity index (χ0v) is 17.1. The topological polar surface area (TPSA) is 103 Å². The Morgan fingerprint density at radius 2 is 2.10 bits per heavy atom. The summed E-state index contributed by atoms with van der Waals surface area (Å²) < 4.78 is 6.57. The highest BCUT2D eigenvalue weighted by Gasteiger charge is 2.13. The molecule has 30 heavy (non-hydrogen) atoms. The zero-order chi connectivity index (χ0) is 20.9. The molecule has 4 rings (SSSR count). The van der Waals surface area contributed by atoms with Crippen LogP contribution in [0.5, 0.6) is 0 Å². The Balaban J connectivity index is 1.53. The molecule has 0 saturated carbocycles. The van der Waals surface area contributed by atoms with E-state index in [0.717, 1.165) is 5.56 Å². The molecule has 0 aliphatic heterocycles. The second kappa shape index (κ2) is 8.91. The number of pyridine rings is 1. The second-order valence-corrected chi connectivity index (χ2v) is 7.70. The van der Waals surface area contributed by atoms with Crippen LogP contribution >= 0.6 is 11.8 Å². The lowest BCUT2D eigenvalue weighted by atomic mass is 10.2. The minimum atomic E-state index is -0.183. The van der Waals surface area contributed by atoms with Crippen molar-refractivity contribution in [2.75, 3.05) is 11.1 Å². The van der Waals surface area contributed by atoms with Gasteiger partial charge in [-0.2, -0.15) is 0 Å². The normalized spacial score (nSPS) is 11.0. The SMILES string of the molecule is Cc1cc(NC(=O)CCSc2nc3ccccc3c(=O)n2Cc2cccnc2)no1. The van der Waals surface area contributed by atoms with Crippen LogP contribution in [0.25, 0.3) is 10.9 Å². The van der Waals surface area contributed by atoms with Gasteiger partial charge in [-0.05, 0) is 30.7 Å². The van der Waals surface area contributed by atoms with Crippen LogP contribution in [0, 0.1) is 6.92 Å². The average molecular weight is 421 g/mol. The fourth-order valence-corrected chi connectivity index (χ4v) is 3.87. The van der Waals surface area contributed by atoms with E-state index in [-0.39, 0.29) is 17.9 Å². The Bertz CT molecular complexity index is 1240. The number of nitrogens with zero attached hydrogens (tertiary/aromatic N) is 4. The molecule has 0 bridgehead atoms. The summed E-state index contributed by atoms with van der Waals surface area (Å²) in [7, 11) is 0. The van der Waals surface area contributed by atoms with Gasteiger partial charge in [0.2, 0.25) is 5.91 Å². The predicted molar refractivity (Wildman–Crippen MR) is 115 cm³/mol. The van der Waals surface area contributed by atoms with E-state index < -0.39 is 0 Å². The summed E-state index contributed by atoms with van der Waals surface area (Å²) in [5, 5.41) is 7.56. The van der Waals surface area contributed by atoms with Gasteiger partial charge >= 0.3 is 0 Å². The molecule has 4 aromatic rings. The van der Waals surface area contributed by atoms with Crippen molar-refractivity contribution in [3.05, 3.63) is 76.5 Å². The number of thioether (sulfide) groups is 1. The van der Waals surface area contributed by atoms with E-state index in [1.807, 2.05) is 30.3 Å². The maximum atomic E-state index is 13.1. The molecule has 8 nitrogen and oxygen atoms in total. The van der Waals surface area contributed by atoms with Crippen LogP contribution in [0.4, 0.5) is 5.82 Å². The molecule has 0 aliphatic carbocycles. The molecule has 1 N–H and O–H groups in total. The summed E-state index contributed by atoms with van der Waals surface area (Å²) in [6.45, 7) is 2.11. The zero-order valence-electron chi connectivity index (χ0n) is 16.2. The molecule has 0 spiro atoms. The average Bonchev–Trinajstić information content (AvgIpc) is 3.16. The van der Waals surface area contributed by atoms with Crippen LogP contribution in [0.3, 0.4) is 0 Å². The molecule has 0 atom stereocenters. The van der Waals surface area contributed by atoms with Gasteiger partial charge in [-0.15, -0.1) is 0 Å². The number of amides is 1. The monoisotopic (exact) mass is 421 g/mol. The van der Waals surface area contributed by atoms with Gasteiger partial charge in [0.05, 0.1) is 17.4 Å². The number of carbonyl (C=O) groups excluding carboxylic acids is 1. The Labute approximate surface area is 176 Å². The Morgan fingerprint density at radius 1 is 1.23 bits per heavy atom. The number of anilines is 1. The first-order valence-electron chi connectivity index (χ1n) is 9.34. The molecule has 1 aromatic carbocycles. The van der Waals surface area contributed by atoms with E-state index in [9.17, 15) is 9.59 Å². The maximum Gasteiger partial charge on any atom is 0.262 e. The van der Waals surface area contributed by atoms with Gasteiger partial charge in [-0.25, -0.2) is 4.98 Å². The van der Waals surface area contributed by atoms with Gasteiger partial charge in [0.15, 0.2) is 11.0 Å². The summed E-state index contributed by atoms with van der Waals surface area (Å²) in [4.78, 5) is 34.0. The predicted octanol–water partition coefficient (Wildman–Crippen LogP) is 3.26. The molecule has 0 saturated heterocycles. The number of hydrogen-bond donors (Lipinski definition) is 1. The van der Waals surface area contributed by atoms with Crippen molar-refractivity contribution in [2.24, 2.45) is 0 Å². The van der Waals surface area contributed by atoms with Gasteiger partial charge in [0, 0.05) is 30.6 Å². The molecule has 3 aromatic heterocycles. The van der Waals surface area contributed by atoms with Crippen molar-refractivity contribution >= 4 is 34.4 Å². The number of nitrogens with one attached hydrogen (secondary N) is 1. The second-order valence-electron chi connectivity index (χ2n) is 6.63. The van der Waals surface area contributed by atoms with Crippen LogP contribution in [-0.4, -0.2) is 31.4 Å². The van der Waals surface area contributed by atoms with Crippen molar-refractivity contribution < 1.29 is 9.32 Å². The highest BCUT2D eigenvalue weighted by Crippen LogP contribution is 2.20. The third-order valence-corrected chi connectivity index (χ3v) is 5.32. The van der Waals surface area contributed by atoms with E-state index in [1.54, 1.807) is 36.0 Å². The highest BCUT2D eigenvalue weighted by atomic mass is 32.2.